The van der Waals surface area contributed by atoms with Gasteiger partial charge in [0.1, 0.15) is 11.5 Å². The number of hydrogen-bond acceptors (Lipinski definition) is 6. The zero-order chi connectivity index (χ0) is 28.3. The first-order valence-electron chi connectivity index (χ1n) is 15.2. The number of carbonyl (C=O) groups is 1. The Labute approximate surface area is 246 Å². The maximum Gasteiger partial charge on any atom is 0.340 e. The average Bonchev–Trinajstić information content (AvgIpc) is 3.66. The number of aryl methyl sites for hydroxylation is 1. The van der Waals surface area contributed by atoms with Gasteiger partial charge in [0, 0.05) is 66.1 Å². The number of fused-ring (bicyclic) bond motifs is 7. The Morgan fingerprint density at radius 3 is 2.67 bits per heavy atom. The van der Waals surface area contributed by atoms with Crippen LogP contribution in [0, 0.1) is 0 Å². The molecule has 0 N–H and O–H groups in total. The molecule has 0 amide bonds. The van der Waals surface area contributed by atoms with Gasteiger partial charge >= 0.3 is 5.97 Å². The normalized spacial score (nSPS) is 21.7. The number of para-hydroxylation sites is 1. The van der Waals surface area contributed by atoms with Gasteiger partial charge in [0.25, 0.3) is 0 Å². The molecule has 0 saturated carbocycles. The SMILES string of the molecule is CCN(CC1CCCO1)c1ccc2c(c1)Oc1ccc(N3CCCc4ccccc43)cc1C21OC(=O)c2ccccc21. The van der Waals surface area contributed by atoms with Crippen molar-refractivity contribution in [3.8, 4) is 11.5 Å². The molecule has 6 nitrogen and oxygen atoms in total. The van der Waals surface area contributed by atoms with Crippen LogP contribution in [0.1, 0.15) is 58.8 Å². The van der Waals surface area contributed by atoms with Gasteiger partial charge in [-0.05, 0) is 80.6 Å². The van der Waals surface area contributed by atoms with E-state index < -0.39 is 5.60 Å². The lowest BCUT2D eigenvalue weighted by Crippen LogP contribution is -2.35. The van der Waals surface area contributed by atoms with Gasteiger partial charge in [-0.25, -0.2) is 4.79 Å². The summed E-state index contributed by atoms with van der Waals surface area (Å²) in [5, 5.41) is 0. The Kier molecular flexibility index (Phi) is 6.00. The molecule has 2 unspecified atom stereocenters. The van der Waals surface area contributed by atoms with Crippen molar-refractivity contribution in [3.63, 3.8) is 0 Å². The maximum atomic E-state index is 13.4. The van der Waals surface area contributed by atoms with Crippen LogP contribution in [0.25, 0.3) is 0 Å². The number of likely N-dealkylation sites (N-methyl/N-ethyl adjacent to an activating group) is 1. The highest BCUT2D eigenvalue weighted by Crippen LogP contribution is 2.57. The summed E-state index contributed by atoms with van der Waals surface area (Å²) in [6, 6.07) is 29.0. The van der Waals surface area contributed by atoms with Crippen LogP contribution in [0.5, 0.6) is 11.5 Å². The first-order valence-corrected chi connectivity index (χ1v) is 15.2. The molecule has 4 aliphatic heterocycles. The monoisotopic (exact) mass is 558 g/mol. The summed E-state index contributed by atoms with van der Waals surface area (Å²) in [6.07, 6.45) is 4.61. The van der Waals surface area contributed by atoms with Gasteiger partial charge in [-0.1, -0.05) is 36.4 Å². The number of ether oxygens (including phenoxy) is 3. The molecule has 0 bridgehead atoms. The molecule has 2 atom stereocenters. The molecule has 4 heterocycles. The molecule has 42 heavy (non-hydrogen) atoms. The molecule has 0 aromatic heterocycles. The number of hydrogen-bond donors (Lipinski definition) is 0. The standard InChI is InChI=1S/C36H34N2O4/c1-2-37(23-27-11-8-20-40-27)25-15-17-30-34(22-25)41-33-18-16-26(38-19-7-10-24-9-3-6-14-32(24)38)21-31(33)36(30)29-13-5-4-12-28(29)35(39)42-36/h3-6,9,12-18,21-22,27H,2,7-8,10-11,19-20,23H2,1H3. The van der Waals surface area contributed by atoms with Crippen LogP contribution in [0.3, 0.4) is 0 Å². The van der Waals surface area contributed by atoms with Crippen molar-refractivity contribution in [2.45, 2.75) is 44.3 Å². The van der Waals surface area contributed by atoms with Gasteiger partial charge in [-0.15, -0.1) is 0 Å². The predicted octanol–water partition coefficient (Wildman–Crippen LogP) is 7.34. The number of benzene rings is 4. The first-order chi connectivity index (χ1) is 20.7. The molecular weight excluding hydrogens is 524 g/mol. The van der Waals surface area contributed by atoms with E-state index in [1.165, 1.54) is 11.3 Å². The van der Waals surface area contributed by atoms with E-state index in [-0.39, 0.29) is 12.1 Å². The Morgan fingerprint density at radius 2 is 1.79 bits per heavy atom. The van der Waals surface area contributed by atoms with E-state index >= 15 is 0 Å². The van der Waals surface area contributed by atoms with Crippen molar-refractivity contribution in [3.05, 3.63) is 113 Å². The van der Waals surface area contributed by atoms with Gasteiger partial charge in [-0.2, -0.15) is 0 Å². The fourth-order valence-electron chi connectivity index (χ4n) is 7.27. The predicted molar refractivity (Wildman–Crippen MR) is 163 cm³/mol. The summed E-state index contributed by atoms with van der Waals surface area (Å²) in [4.78, 5) is 18.1. The summed E-state index contributed by atoms with van der Waals surface area (Å²) >= 11 is 0. The Bertz CT molecular complexity index is 1690. The molecule has 212 valence electrons. The number of anilines is 3. The molecule has 4 aliphatic rings. The van der Waals surface area contributed by atoms with Crippen LogP contribution in [0.4, 0.5) is 17.1 Å². The molecule has 4 aromatic carbocycles. The largest absolute Gasteiger partial charge is 0.456 e. The lowest BCUT2D eigenvalue weighted by Gasteiger charge is -2.39. The van der Waals surface area contributed by atoms with E-state index in [1.54, 1.807) is 0 Å². The summed E-state index contributed by atoms with van der Waals surface area (Å²) in [5.74, 6) is 1.11. The Hall–Kier alpha value is -4.29. The van der Waals surface area contributed by atoms with Crippen LogP contribution in [-0.4, -0.2) is 38.3 Å². The first kappa shape index (κ1) is 25.4. The number of esters is 1. The van der Waals surface area contributed by atoms with Gasteiger partial charge in [-0.3, -0.25) is 0 Å². The van der Waals surface area contributed by atoms with E-state index in [0.29, 0.717) is 17.1 Å². The molecule has 1 fully saturated rings. The van der Waals surface area contributed by atoms with E-state index in [0.717, 1.165) is 80.0 Å². The molecule has 8 rings (SSSR count). The molecule has 0 aliphatic carbocycles. The second-order valence-electron chi connectivity index (χ2n) is 11.6. The van der Waals surface area contributed by atoms with Crippen molar-refractivity contribution in [1.29, 1.82) is 0 Å². The second kappa shape index (κ2) is 9.92. The Balaban J connectivity index is 1.27. The van der Waals surface area contributed by atoms with Crippen LogP contribution in [0.15, 0.2) is 84.9 Å². The van der Waals surface area contributed by atoms with Gasteiger partial charge in [0.2, 0.25) is 0 Å². The number of rotatable bonds is 5. The smallest absolute Gasteiger partial charge is 0.340 e. The molecule has 6 heteroatoms. The molecule has 1 saturated heterocycles. The Morgan fingerprint density at radius 1 is 0.905 bits per heavy atom. The molecule has 0 radical (unpaired) electrons. The minimum Gasteiger partial charge on any atom is -0.456 e. The molecule has 4 aromatic rings. The lowest BCUT2D eigenvalue weighted by atomic mass is 9.77. The van der Waals surface area contributed by atoms with Crippen molar-refractivity contribution < 1.29 is 19.0 Å². The van der Waals surface area contributed by atoms with Gasteiger partial charge in [0.15, 0.2) is 5.60 Å². The highest BCUT2D eigenvalue weighted by Gasteiger charge is 2.53. The van der Waals surface area contributed by atoms with E-state index in [4.69, 9.17) is 14.2 Å². The third-order valence-corrected chi connectivity index (χ3v) is 9.30. The van der Waals surface area contributed by atoms with Crippen LogP contribution in [0.2, 0.25) is 0 Å². The van der Waals surface area contributed by atoms with E-state index in [2.05, 4.69) is 71.3 Å². The molecule has 1 spiro atoms. The van der Waals surface area contributed by atoms with E-state index in [1.807, 2.05) is 30.3 Å². The van der Waals surface area contributed by atoms with Crippen LogP contribution >= 0.6 is 0 Å². The second-order valence-corrected chi connectivity index (χ2v) is 11.6. The number of carbonyl (C=O) groups excluding carboxylic acids is 1. The minimum absolute atomic E-state index is 0.245. The summed E-state index contributed by atoms with van der Waals surface area (Å²) in [5.41, 5.74) is 6.79. The van der Waals surface area contributed by atoms with Gasteiger partial charge in [0.05, 0.1) is 11.7 Å². The van der Waals surface area contributed by atoms with E-state index in [9.17, 15) is 4.79 Å². The third kappa shape index (κ3) is 3.85. The summed E-state index contributed by atoms with van der Waals surface area (Å²) in [7, 11) is 0. The van der Waals surface area contributed by atoms with Gasteiger partial charge < -0.3 is 24.0 Å². The van der Waals surface area contributed by atoms with Crippen LogP contribution in [-0.2, 0) is 21.5 Å². The van der Waals surface area contributed by atoms with Crippen molar-refractivity contribution in [1.82, 2.24) is 0 Å². The zero-order valence-corrected chi connectivity index (χ0v) is 23.8. The fraction of sp³-hybridized carbons (Fsp3) is 0.306. The highest BCUT2D eigenvalue weighted by molar-refractivity contribution is 5.97. The zero-order valence-electron chi connectivity index (χ0n) is 23.8. The van der Waals surface area contributed by atoms with Crippen molar-refractivity contribution >= 4 is 23.0 Å². The lowest BCUT2D eigenvalue weighted by molar-refractivity contribution is 0.0224. The summed E-state index contributed by atoms with van der Waals surface area (Å²) in [6.45, 7) is 5.64. The van der Waals surface area contributed by atoms with Crippen molar-refractivity contribution in [2.75, 3.05) is 36.0 Å². The number of nitrogens with zero attached hydrogens (tertiary/aromatic N) is 2. The van der Waals surface area contributed by atoms with Crippen molar-refractivity contribution in [2.24, 2.45) is 0 Å². The topological polar surface area (TPSA) is 51.2 Å². The van der Waals surface area contributed by atoms with Crippen LogP contribution < -0.4 is 14.5 Å². The average molecular weight is 559 g/mol. The fourth-order valence-corrected chi connectivity index (χ4v) is 7.27. The third-order valence-electron chi connectivity index (χ3n) is 9.30. The maximum absolute atomic E-state index is 13.4. The molecular formula is C36H34N2O4. The highest BCUT2D eigenvalue weighted by atomic mass is 16.6. The summed E-state index contributed by atoms with van der Waals surface area (Å²) < 4.78 is 19.1. The quantitative estimate of drug-likeness (QED) is 0.239. The minimum atomic E-state index is -1.09.